The summed E-state index contributed by atoms with van der Waals surface area (Å²) in [7, 11) is 3.40. The molecule has 0 bridgehead atoms. The standard InChI is InChI=1S/C32H37F3N4O5/c1-20-16-39(21(2)19-40)30(41)27-15-25(37-31(42)36-24-9-12-26(43-4)13-10-24)11-14-28(27)44-29(20)18-38(3)17-22-5-7-23(8-6-22)32(33,34)35/h5-15,20-21,29,40H,16-19H2,1-4H3,(H2,36,37,42)/t20-,21-,29+/m1/s1. The molecule has 3 aromatic carbocycles. The van der Waals surface area contributed by atoms with Crippen molar-refractivity contribution in [2.24, 2.45) is 5.92 Å². The van der Waals surface area contributed by atoms with Crippen molar-refractivity contribution in [1.29, 1.82) is 0 Å². The van der Waals surface area contributed by atoms with Crippen LogP contribution in [-0.4, -0.2) is 72.8 Å². The van der Waals surface area contributed by atoms with Gasteiger partial charge >= 0.3 is 12.2 Å². The molecule has 0 spiro atoms. The van der Waals surface area contributed by atoms with Gasteiger partial charge in [-0.2, -0.15) is 13.2 Å². The predicted molar refractivity (Wildman–Crippen MR) is 161 cm³/mol. The molecule has 12 heteroatoms. The second-order valence-corrected chi connectivity index (χ2v) is 11.0. The molecule has 9 nitrogen and oxygen atoms in total. The van der Waals surface area contributed by atoms with Gasteiger partial charge in [0.25, 0.3) is 5.91 Å². The number of fused-ring (bicyclic) bond motifs is 1. The topological polar surface area (TPSA) is 103 Å². The van der Waals surface area contributed by atoms with Gasteiger partial charge in [0, 0.05) is 36.9 Å². The van der Waals surface area contributed by atoms with Crippen molar-refractivity contribution >= 4 is 23.3 Å². The number of rotatable bonds is 9. The zero-order valence-corrected chi connectivity index (χ0v) is 25.0. The molecule has 4 rings (SSSR count). The summed E-state index contributed by atoms with van der Waals surface area (Å²) in [6.45, 7) is 4.57. The number of hydrogen-bond acceptors (Lipinski definition) is 6. The number of amides is 3. The molecule has 44 heavy (non-hydrogen) atoms. The van der Waals surface area contributed by atoms with Crippen molar-refractivity contribution in [1.82, 2.24) is 9.80 Å². The van der Waals surface area contributed by atoms with Crippen LogP contribution in [0.15, 0.2) is 66.7 Å². The summed E-state index contributed by atoms with van der Waals surface area (Å²) in [6.07, 6.45) is -4.79. The number of carbonyl (C=O) groups excluding carboxylic acids is 2. The van der Waals surface area contributed by atoms with Gasteiger partial charge in [0.05, 0.1) is 30.9 Å². The highest BCUT2D eigenvalue weighted by molar-refractivity contribution is 6.02. The third-order valence-electron chi connectivity index (χ3n) is 7.50. The van der Waals surface area contributed by atoms with Crippen LogP contribution in [0.5, 0.6) is 11.5 Å². The zero-order valence-electron chi connectivity index (χ0n) is 25.0. The van der Waals surface area contributed by atoms with E-state index in [1.165, 1.54) is 12.1 Å². The molecule has 0 saturated heterocycles. The monoisotopic (exact) mass is 614 g/mol. The van der Waals surface area contributed by atoms with Crippen molar-refractivity contribution in [2.45, 2.75) is 38.7 Å². The maximum atomic E-state index is 13.7. The van der Waals surface area contributed by atoms with Crippen LogP contribution in [0, 0.1) is 5.92 Å². The molecule has 3 N–H and O–H groups in total. The van der Waals surface area contributed by atoms with Gasteiger partial charge in [-0.25, -0.2) is 4.79 Å². The number of nitrogens with zero attached hydrogens (tertiary/aromatic N) is 2. The maximum Gasteiger partial charge on any atom is 0.416 e. The number of halogens is 3. The first kappa shape index (κ1) is 32.6. The third kappa shape index (κ3) is 8.20. The van der Waals surface area contributed by atoms with Crippen molar-refractivity contribution < 1.29 is 37.3 Å². The van der Waals surface area contributed by atoms with E-state index in [0.29, 0.717) is 48.1 Å². The lowest BCUT2D eigenvalue weighted by molar-refractivity contribution is -0.137. The second kappa shape index (κ2) is 14.0. The normalized spacial score (nSPS) is 17.7. The van der Waals surface area contributed by atoms with Gasteiger partial charge in [0.2, 0.25) is 0 Å². The number of aliphatic hydroxyl groups is 1. The molecule has 0 aromatic heterocycles. The smallest absolute Gasteiger partial charge is 0.416 e. The summed E-state index contributed by atoms with van der Waals surface area (Å²) in [5, 5.41) is 15.4. The summed E-state index contributed by atoms with van der Waals surface area (Å²) in [4.78, 5) is 29.9. The lowest BCUT2D eigenvalue weighted by Crippen LogP contribution is -2.49. The summed E-state index contributed by atoms with van der Waals surface area (Å²) in [5.41, 5.74) is 1.16. The average Bonchev–Trinajstić information content (AvgIpc) is 2.99. The minimum atomic E-state index is -4.40. The van der Waals surface area contributed by atoms with E-state index in [9.17, 15) is 27.9 Å². The number of alkyl halides is 3. The molecule has 0 unspecified atom stereocenters. The van der Waals surface area contributed by atoms with Gasteiger partial charge in [-0.3, -0.25) is 9.69 Å². The molecule has 3 aromatic rings. The van der Waals surface area contributed by atoms with E-state index in [4.69, 9.17) is 9.47 Å². The first-order chi connectivity index (χ1) is 20.9. The fourth-order valence-electron chi connectivity index (χ4n) is 4.97. The van der Waals surface area contributed by atoms with Crippen LogP contribution in [0.4, 0.5) is 29.3 Å². The van der Waals surface area contributed by atoms with Gasteiger partial charge in [0.1, 0.15) is 17.6 Å². The van der Waals surface area contributed by atoms with Crippen molar-refractivity contribution in [3.8, 4) is 11.5 Å². The highest BCUT2D eigenvalue weighted by Crippen LogP contribution is 2.32. The van der Waals surface area contributed by atoms with Crippen LogP contribution in [0.3, 0.4) is 0 Å². The van der Waals surface area contributed by atoms with Gasteiger partial charge in [-0.15, -0.1) is 0 Å². The Bertz CT molecular complexity index is 1430. The Morgan fingerprint density at radius 1 is 1.09 bits per heavy atom. The van der Waals surface area contributed by atoms with Crippen LogP contribution in [0.25, 0.3) is 0 Å². The highest BCUT2D eigenvalue weighted by atomic mass is 19.4. The van der Waals surface area contributed by atoms with Gasteiger partial charge in [-0.05, 0) is 74.1 Å². The Morgan fingerprint density at radius 2 is 1.73 bits per heavy atom. The summed E-state index contributed by atoms with van der Waals surface area (Å²) in [5.74, 6) is 0.482. The molecule has 236 valence electrons. The summed E-state index contributed by atoms with van der Waals surface area (Å²) >= 11 is 0. The molecule has 3 atom stereocenters. The van der Waals surface area contributed by atoms with Crippen LogP contribution < -0.4 is 20.1 Å². The number of benzene rings is 3. The maximum absolute atomic E-state index is 13.7. The minimum Gasteiger partial charge on any atom is -0.497 e. The van der Waals surface area contributed by atoms with Crippen LogP contribution in [0.2, 0.25) is 0 Å². The number of urea groups is 1. The Kier molecular flexibility index (Phi) is 10.4. The SMILES string of the molecule is COc1ccc(NC(=O)Nc2ccc3c(c2)C(=O)N([C@H](C)CO)C[C@@H](C)[C@H](CN(C)Cc2ccc(C(F)(F)F)cc2)O3)cc1. The van der Waals surface area contributed by atoms with E-state index in [1.807, 2.05) is 18.9 Å². The van der Waals surface area contributed by atoms with Crippen LogP contribution in [-0.2, 0) is 12.7 Å². The molecular formula is C32H37F3N4O5. The van der Waals surface area contributed by atoms with Gasteiger partial charge in [-0.1, -0.05) is 19.1 Å². The van der Waals surface area contributed by atoms with Gasteiger partial charge < -0.3 is 30.1 Å². The van der Waals surface area contributed by atoms with E-state index in [2.05, 4.69) is 10.6 Å². The van der Waals surface area contributed by atoms with Gasteiger partial charge in [0.15, 0.2) is 0 Å². The number of anilines is 2. The van der Waals surface area contributed by atoms with E-state index < -0.39 is 29.9 Å². The average molecular weight is 615 g/mol. The van der Waals surface area contributed by atoms with E-state index >= 15 is 0 Å². The summed E-state index contributed by atoms with van der Waals surface area (Å²) in [6, 6.07) is 15.7. The number of aliphatic hydroxyl groups excluding tert-OH is 1. The van der Waals surface area contributed by atoms with E-state index in [1.54, 1.807) is 61.4 Å². The van der Waals surface area contributed by atoms with Crippen molar-refractivity contribution in [2.75, 3.05) is 44.5 Å². The van der Waals surface area contributed by atoms with E-state index in [0.717, 1.165) is 12.1 Å². The number of likely N-dealkylation sites (N-methyl/N-ethyl adjacent to an activating group) is 1. The molecule has 1 heterocycles. The highest BCUT2D eigenvalue weighted by Gasteiger charge is 2.34. The lowest BCUT2D eigenvalue weighted by atomic mass is 9.99. The molecule has 1 aliphatic heterocycles. The zero-order chi connectivity index (χ0) is 32.0. The molecule has 0 radical (unpaired) electrons. The molecule has 0 fully saturated rings. The fourth-order valence-corrected chi connectivity index (χ4v) is 4.97. The fraction of sp³-hybridized carbons (Fsp3) is 0.375. The number of ether oxygens (including phenoxy) is 2. The predicted octanol–water partition coefficient (Wildman–Crippen LogP) is 5.71. The molecule has 3 amide bonds. The number of carbonyl (C=O) groups is 2. The molecule has 0 saturated carbocycles. The number of nitrogens with one attached hydrogen (secondary N) is 2. The minimum absolute atomic E-state index is 0.149. The lowest BCUT2D eigenvalue weighted by Gasteiger charge is -2.38. The largest absolute Gasteiger partial charge is 0.497 e. The number of hydrogen-bond donors (Lipinski definition) is 3. The molecular weight excluding hydrogens is 577 g/mol. The Morgan fingerprint density at radius 3 is 2.34 bits per heavy atom. The van der Waals surface area contributed by atoms with Crippen molar-refractivity contribution in [3.63, 3.8) is 0 Å². The first-order valence-corrected chi connectivity index (χ1v) is 14.2. The summed E-state index contributed by atoms with van der Waals surface area (Å²) < 4.78 is 50.4. The second-order valence-electron chi connectivity index (χ2n) is 11.0. The van der Waals surface area contributed by atoms with Crippen LogP contribution >= 0.6 is 0 Å². The molecule has 1 aliphatic rings. The molecule has 0 aliphatic carbocycles. The van der Waals surface area contributed by atoms with E-state index in [-0.39, 0.29) is 24.0 Å². The third-order valence-corrected chi connectivity index (χ3v) is 7.50. The first-order valence-electron chi connectivity index (χ1n) is 14.2. The Labute approximate surface area is 254 Å². The number of methoxy groups -OCH3 is 1. The quantitative estimate of drug-likeness (QED) is 0.285. The van der Waals surface area contributed by atoms with Crippen molar-refractivity contribution in [3.05, 3.63) is 83.4 Å². The van der Waals surface area contributed by atoms with Crippen LogP contribution in [0.1, 0.15) is 35.3 Å². The Hall–Kier alpha value is -4.29. The Balaban J connectivity index is 1.52.